The third-order valence-electron chi connectivity index (χ3n) is 3.39. The number of nitrogens with one attached hydrogen (secondary N) is 1. The summed E-state index contributed by atoms with van der Waals surface area (Å²) in [6, 6.07) is 3.19. The van der Waals surface area contributed by atoms with Gasteiger partial charge in [-0.15, -0.1) is 0 Å². The lowest BCUT2D eigenvalue weighted by atomic mass is 10.0. The molecule has 0 aliphatic carbocycles. The van der Waals surface area contributed by atoms with Crippen LogP contribution in [0.3, 0.4) is 0 Å². The van der Waals surface area contributed by atoms with Gasteiger partial charge in [0.05, 0.1) is 16.2 Å². The first kappa shape index (κ1) is 14.9. The molecule has 1 aromatic rings. The number of ether oxygens (including phenoxy) is 1. The van der Waals surface area contributed by atoms with E-state index in [2.05, 4.69) is 5.32 Å². The summed E-state index contributed by atoms with van der Waals surface area (Å²) in [5.41, 5.74) is -1.66. The van der Waals surface area contributed by atoms with Gasteiger partial charge in [0.2, 0.25) is 0 Å². The quantitative estimate of drug-likeness (QED) is 0.645. The molecule has 8 heteroatoms. The second-order valence-corrected chi connectivity index (χ2v) is 4.93. The molecule has 1 fully saturated rings. The number of hydrogen-bond acceptors (Lipinski definition) is 5. The Hall–Kier alpha value is -2.48. The molecule has 1 aromatic carbocycles. The number of rotatable bonds is 4. The van der Waals surface area contributed by atoms with Crippen molar-refractivity contribution in [2.45, 2.75) is 25.4 Å². The molecule has 1 saturated heterocycles. The first-order chi connectivity index (χ1) is 9.83. The Bertz CT molecular complexity index is 607. The molecule has 2 rings (SSSR count). The number of anilines is 1. The minimum absolute atomic E-state index is 0.113. The smallest absolute Gasteiger partial charge is 0.337 e. The topological polar surface area (TPSA) is 119 Å². The van der Waals surface area contributed by atoms with Crippen molar-refractivity contribution < 1.29 is 24.4 Å². The van der Waals surface area contributed by atoms with Crippen LogP contribution in [0.4, 0.5) is 11.4 Å². The van der Waals surface area contributed by atoms with Crippen LogP contribution in [0.15, 0.2) is 18.2 Å². The number of carboxylic acids is 1. The standard InChI is InChI=1S/C13H14N2O6/c1-13(5-2-6-21-13)12(18)14-10-7-8(15(19)20)3-4-9(10)11(16)17/h3-4,7H,2,5-6H2,1H3,(H,14,18)(H,16,17). The summed E-state index contributed by atoms with van der Waals surface area (Å²) in [6.45, 7) is 2.05. The van der Waals surface area contributed by atoms with Gasteiger partial charge in [-0.3, -0.25) is 14.9 Å². The first-order valence-electron chi connectivity index (χ1n) is 6.30. The van der Waals surface area contributed by atoms with Crippen LogP contribution in [0, 0.1) is 10.1 Å². The summed E-state index contributed by atoms with van der Waals surface area (Å²) in [5.74, 6) is -1.79. The summed E-state index contributed by atoms with van der Waals surface area (Å²) < 4.78 is 5.36. The fourth-order valence-corrected chi connectivity index (χ4v) is 2.15. The van der Waals surface area contributed by atoms with Crippen molar-refractivity contribution >= 4 is 23.3 Å². The highest BCUT2D eigenvalue weighted by atomic mass is 16.6. The number of amides is 1. The number of benzene rings is 1. The zero-order valence-corrected chi connectivity index (χ0v) is 11.3. The van der Waals surface area contributed by atoms with E-state index >= 15 is 0 Å². The molecule has 1 aliphatic heterocycles. The first-order valence-corrected chi connectivity index (χ1v) is 6.30. The van der Waals surface area contributed by atoms with Crippen molar-refractivity contribution in [3.05, 3.63) is 33.9 Å². The number of nitro groups is 1. The van der Waals surface area contributed by atoms with Gasteiger partial charge in [0.15, 0.2) is 0 Å². The van der Waals surface area contributed by atoms with Crippen LogP contribution in [0.5, 0.6) is 0 Å². The normalized spacial score (nSPS) is 21.0. The summed E-state index contributed by atoms with van der Waals surface area (Å²) in [4.78, 5) is 33.4. The van der Waals surface area contributed by atoms with Gasteiger partial charge >= 0.3 is 5.97 Å². The van der Waals surface area contributed by atoms with Crippen molar-refractivity contribution in [3.8, 4) is 0 Å². The third kappa shape index (κ3) is 3.00. The molecule has 8 nitrogen and oxygen atoms in total. The highest BCUT2D eigenvalue weighted by Crippen LogP contribution is 2.29. The second kappa shape index (κ2) is 5.49. The van der Waals surface area contributed by atoms with Crippen molar-refractivity contribution in [1.29, 1.82) is 0 Å². The molecule has 1 atom stereocenters. The molecule has 0 aromatic heterocycles. The number of non-ortho nitro benzene ring substituents is 1. The van der Waals surface area contributed by atoms with Gasteiger partial charge in [0, 0.05) is 18.7 Å². The van der Waals surface area contributed by atoms with Gasteiger partial charge in [-0.1, -0.05) is 0 Å². The molecule has 1 unspecified atom stereocenters. The van der Waals surface area contributed by atoms with Crippen LogP contribution < -0.4 is 5.32 Å². The number of carboxylic acid groups (broad SMARTS) is 1. The summed E-state index contributed by atoms with van der Waals surface area (Å²) in [5, 5.41) is 22.3. The number of carbonyl (C=O) groups excluding carboxylic acids is 1. The lowest BCUT2D eigenvalue weighted by Gasteiger charge is -2.22. The van der Waals surface area contributed by atoms with Gasteiger partial charge in [-0.25, -0.2) is 4.79 Å². The summed E-state index contributed by atoms with van der Waals surface area (Å²) >= 11 is 0. The van der Waals surface area contributed by atoms with E-state index < -0.39 is 22.4 Å². The minimum Gasteiger partial charge on any atom is -0.478 e. The number of carbonyl (C=O) groups is 2. The van der Waals surface area contributed by atoms with Crippen molar-refractivity contribution in [2.75, 3.05) is 11.9 Å². The molecule has 1 heterocycles. The molecule has 2 N–H and O–H groups in total. The molecule has 0 spiro atoms. The predicted molar refractivity (Wildman–Crippen MR) is 72.3 cm³/mol. The van der Waals surface area contributed by atoms with E-state index in [0.29, 0.717) is 13.0 Å². The maximum Gasteiger partial charge on any atom is 0.337 e. The number of aromatic carboxylic acids is 1. The van der Waals surface area contributed by atoms with Crippen LogP contribution in [-0.2, 0) is 9.53 Å². The van der Waals surface area contributed by atoms with Crippen molar-refractivity contribution in [1.82, 2.24) is 0 Å². The van der Waals surface area contributed by atoms with Gasteiger partial charge < -0.3 is 15.2 Å². The van der Waals surface area contributed by atoms with Crippen molar-refractivity contribution in [3.63, 3.8) is 0 Å². The maximum atomic E-state index is 12.2. The van der Waals surface area contributed by atoms with E-state index in [4.69, 9.17) is 9.84 Å². The SMILES string of the molecule is CC1(C(=O)Nc2cc([N+](=O)[O-])ccc2C(=O)O)CCCO1. The Balaban J connectivity index is 2.32. The maximum absolute atomic E-state index is 12.2. The molecular formula is C13H14N2O6. The largest absolute Gasteiger partial charge is 0.478 e. The van der Waals surface area contributed by atoms with Gasteiger partial charge in [-0.05, 0) is 25.8 Å². The van der Waals surface area contributed by atoms with Gasteiger partial charge in [0.1, 0.15) is 5.60 Å². The monoisotopic (exact) mass is 294 g/mol. The van der Waals surface area contributed by atoms with Crippen LogP contribution in [0.1, 0.15) is 30.1 Å². The Morgan fingerprint density at radius 1 is 1.48 bits per heavy atom. The van der Waals surface area contributed by atoms with E-state index in [0.717, 1.165) is 24.6 Å². The average Bonchev–Trinajstić information content (AvgIpc) is 2.86. The van der Waals surface area contributed by atoms with Crippen LogP contribution >= 0.6 is 0 Å². The van der Waals surface area contributed by atoms with E-state index in [1.165, 1.54) is 0 Å². The molecule has 0 saturated carbocycles. The molecule has 21 heavy (non-hydrogen) atoms. The zero-order valence-electron chi connectivity index (χ0n) is 11.3. The molecular weight excluding hydrogens is 280 g/mol. The molecule has 0 radical (unpaired) electrons. The summed E-state index contributed by atoms with van der Waals surface area (Å²) in [7, 11) is 0. The lowest BCUT2D eigenvalue weighted by molar-refractivity contribution is -0.384. The number of nitrogens with zero attached hydrogens (tertiary/aromatic N) is 1. The molecule has 1 amide bonds. The number of nitro benzene ring substituents is 1. The summed E-state index contributed by atoms with van der Waals surface area (Å²) in [6.07, 6.45) is 1.24. The molecule has 112 valence electrons. The predicted octanol–water partition coefficient (Wildman–Crippen LogP) is 1.80. The highest BCUT2D eigenvalue weighted by Gasteiger charge is 2.38. The average molecular weight is 294 g/mol. The zero-order chi connectivity index (χ0) is 15.6. The lowest BCUT2D eigenvalue weighted by Crippen LogP contribution is -2.39. The van der Waals surface area contributed by atoms with E-state index in [9.17, 15) is 19.7 Å². The van der Waals surface area contributed by atoms with E-state index in [1.807, 2.05) is 0 Å². The van der Waals surface area contributed by atoms with E-state index in [1.54, 1.807) is 6.92 Å². The Morgan fingerprint density at radius 2 is 2.19 bits per heavy atom. The molecule has 0 bridgehead atoms. The van der Waals surface area contributed by atoms with Crippen LogP contribution in [-0.4, -0.2) is 34.1 Å². The second-order valence-electron chi connectivity index (χ2n) is 4.93. The van der Waals surface area contributed by atoms with E-state index in [-0.39, 0.29) is 16.9 Å². The minimum atomic E-state index is -1.28. The third-order valence-corrected chi connectivity index (χ3v) is 3.39. The molecule has 1 aliphatic rings. The highest BCUT2D eigenvalue weighted by molar-refractivity contribution is 6.03. The van der Waals surface area contributed by atoms with Crippen molar-refractivity contribution in [2.24, 2.45) is 0 Å². The fourth-order valence-electron chi connectivity index (χ4n) is 2.15. The van der Waals surface area contributed by atoms with Gasteiger partial charge in [0.25, 0.3) is 11.6 Å². The van der Waals surface area contributed by atoms with Crippen LogP contribution in [0.2, 0.25) is 0 Å². The Morgan fingerprint density at radius 3 is 2.71 bits per heavy atom. The van der Waals surface area contributed by atoms with Gasteiger partial charge in [-0.2, -0.15) is 0 Å². The fraction of sp³-hybridized carbons (Fsp3) is 0.385. The Kier molecular flexibility index (Phi) is 3.90. The number of hydrogen-bond donors (Lipinski definition) is 2. The Labute approximate surface area is 119 Å². The van der Waals surface area contributed by atoms with Crippen LogP contribution in [0.25, 0.3) is 0 Å².